The number of aromatic nitrogens is 1. The smallest absolute Gasteiger partial charge is 0.0372 e. The van der Waals surface area contributed by atoms with Crippen LogP contribution < -0.4 is 5.32 Å². The first-order valence-electron chi connectivity index (χ1n) is 4.64. The highest BCUT2D eigenvalue weighted by atomic mass is 14.9. The zero-order chi connectivity index (χ0) is 9.90. The molecular weight excluding hydrogens is 160 g/mol. The Kier molecular flexibility index (Phi) is 3.04. The minimum Gasteiger partial charge on any atom is -0.308 e. The number of hydrogen-bond donors (Lipinski definition) is 1. The lowest BCUT2D eigenvalue weighted by Crippen LogP contribution is -2.35. The van der Waals surface area contributed by atoms with Crippen LogP contribution in [0.15, 0.2) is 18.3 Å². The highest BCUT2D eigenvalue weighted by Gasteiger charge is 2.07. The van der Waals surface area contributed by atoms with Crippen molar-refractivity contribution in [2.24, 2.45) is 0 Å². The third-order valence-electron chi connectivity index (χ3n) is 1.80. The van der Waals surface area contributed by atoms with E-state index in [0.29, 0.717) is 0 Å². The van der Waals surface area contributed by atoms with Gasteiger partial charge < -0.3 is 5.32 Å². The molecule has 1 heterocycles. The lowest BCUT2D eigenvalue weighted by Gasteiger charge is -2.20. The fourth-order valence-electron chi connectivity index (χ4n) is 0.970. The Labute approximate surface area is 80.4 Å². The maximum Gasteiger partial charge on any atom is 0.0372 e. The van der Waals surface area contributed by atoms with E-state index in [9.17, 15) is 0 Å². The van der Waals surface area contributed by atoms with Crippen molar-refractivity contribution in [1.29, 1.82) is 0 Å². The molecule has 0 amide bonds. The van der Waals surface area contributed by atoms with Crippen molar-refractivity contribution in [1.82, 2.24) is 10.3 Å². The lowest BCUT2D eigenvalue weighted by atomic mass is 10.1. The Morgan fingerprint density at radius 1 is 1.31 bits per heavy atom. The number of pyridine rings is 1. The molecule has 2 heteroatoms. The maximum absolute atomic E-state index is 4.24. The molecule has 1 aromatic heterocycles. The first kappa shape index (κ1) is 10.2. The second-order valence-corrected chi connectivity index (χ2v) is 4.41. The van der Waals surface area contributed by atoms with Gasteiger partial charge in [-0.25, -0.2) is 0 Å². The quantitative estimate of drug-likeness (QED) is 0.751. The van der Waals surface area contributed by atoms with Crippen LogP contribution in [0, 0.1) is 6.92 Å². The van der Waals surface area contributed by atoms with E-state index in [4.69, 9.17) is 0 Å². The van der Waals surface area contributed by atoms with Crippen LogP contribution in [0.2, 0.25) is 0 Å². The maximum atomic E-state index is 4.24. The molecule has 0 atom stereocenters. The van der Waals surface area contributed by atoms with Crippen molar-refractivity contribution in [3.63, 3.8) is 0 Å². The van der Waals surface area contributed by atoms with E-state index in [2.05, 4.69) is 37.1 Å². The predicted molar refractivity (Wildman–Crippen MR) is 55.6 cm³/mol. The van der Waals surface area contributed by atoms with Gasteiger partial charge in [0.25, 0.3) is 0 Å². The Balaban J connectivity index is 2.51. The van der Waals surface area contributed by atoms with E-state index in [1.807, 2.05) is 19.2 Å². The minimum absolute atomic E-state index is 0.172. The van der Waals surface area contributed by atoms with Gasteiger partial charge in [-0.2, -0.15) is 0 Å². The number of nitrogens with zero attached hydrogens (tertiary/aromatic N) is 1. The summed E-state index contributed by atoms with van der Waals surface area (Å²) in [5.41, 5.74) is 2.48. The minimum atomic E-state index is 0.172. The molecule has 0 saturated heterocycles. The molecule has 0 spiro atoms. The second kappa shape index (κ2) is 3.88. The summed E-state index contributed by atoms with van der Waals surface area (Å²) in [5.74, 6) is 0. The van der Waals surface area contributed by atoms with Crippen molar-refractivity contribution < 1.29 is 0 Å². The molecule has 1 aromatic rings. The van der Waals surface area contributed by atoms with Gasteiger partial charge in [-0.1, -0.05) is 6.07 Å². The summed E-state index contributed by atoms with van der Waals surface area (Å²) in [6.07, 6.45) is 1.92. The average molecular weight is 178 g/mol. The molecule has 0 radical (unpaired) electrons. The van der Waals surface area contributed by atoms with Gasteiger partial charge in [0.1, 0.15) is 0 Å². The van der Waals surface area contributed by atoms with Gasteiger partial charge >= 0.3 is 0 Å². The van der Waals surface area contributed by atoms with E-state index in [1.54, 1.807) is 0 Å². The van der Waals surface area contributed by atoms with E-state index in [0.717, 1.165) is 12.2 Å². The van der Waals surface area contributed by atoms with Crippen molar-refractivity contribution in [3.05, 3.63) is 29.6 Å². The molecule has 72 valence electrons. The fraction of sp³-hybridized carbons (Fsp3) is 0.545. The van der Waals surface area contributed by atoms with Crippen molar-refractivity contribution in [3.8, 4) is 0 Å². The molecule has 0 unspecified atom stereocenters. The lowest BCUT2D eigenvalue weighted by molar-refractivity contribution is 0.424. The third-order valence-corrected chi connectivity index (χ3v) is 1.80. The highest BCUT2D eigenvalue weighted by molar-refractivity contribution is 5.13. The van der Waals surface area contributed by atoms with Gasteiger partial charge in [0.2, 0.25) is 0 Å². The van der Waals surface area contributed by atoms with Crippen LogP contribution in [0.4, 0.5) is 0 Å². The van der Waals surface area contributed by atoms with Gasteiger partial charge in [0.05, 0.1) is 0 Å². The summed E-state index contributed by atoms with van der Waals surface area (Å²) in [6, 6.07) is 4.15. The zero-order valence-corrected chi connectivity index (χ0v) is 8.89. The van der Waals surface area contributed by atoms with Gasteiger partial charge in [0.15, 0.2) is 0 Å². The summed E-state index contributed by atoms with van der Waals surface area (Å²) < 4.78 is 0. The normalized spacial score (nSPS) is 11.7. The van der Waals surface area contributed by atoms with Crippen LogP contribution in [0.3, 0.4) is 0 Å². The molecule has 0 bridgehead atoms. The third kappa shape index (κ3) is 4.04. The van der Waals surface area contributed by atoms with Crippen LogP contribution >= 0.6 is 0 Å². The van der Waals surface area contributed by atoms with Crippen molar-refractivity contribution in [2.45, 2.75) is 39.8 Å². The largest absolute Gasteiger partial charge is 0.308 e. The van der Waals surface area contributed by atoms with E-state index < -0.39 is 0 Å². The molecule has 0 fully saturated rings. The molecule has 1 N–H and O–H groups in total. The molecule has 2 nitrogen and oxygen atoms in total. The summed E-state index contributed by atoms with van der Waals surface area (Å²) in [6.45, 7) is 9.37. The average Bonchev–Trinajstić information content (AvgIpc) is 2.02. The molecule has 13 heavy (non-hydrogen) atoms. The summed E-state index contributed by atoms with van der Waals surface area (Å²) in [7, 11) is 0. The predicted octanol–water partition coefficient (Wildman–Crippen LogP) is 2.28. The molecule has 0 aliphatic heterocycles. The molecule has 1 rings (SSSR count). The second-order valence-electron chi connectivity index (χ2n) is 4.41. The van der Waals surface area contributed by atoms with Crippen molar-refractivity contribution in [2.75, 3.05) is 0 Å². The molecular formula is C11H18N2. The Morgan fingerprint density at radius 2 is 2.00 bits per heavy atom. The van der Waals surface area contributed by atoms with Gasteiger partial charge in [-0.3, -0.25) is 4.98 Å². The molecule has 0 aliphatic carbocycles. The molecule has 0 saturated carbocycles. The summed E-state index contributed by atoms with van der Waals surface area (Å²) in [4.78, 5) is 4.24. The highest BCUT2D eigenvalue weighted by Crippen LogP contribution is 2.03. The van der Waals surface area contributed by atoms with E-state index in [-0.39, 0.29) is 5.54 Å². The summed E-state index contributed by atoms with van der Waals surface area (Å²) in [5, 5.41) is 3.42. The van der Waals surface area contributed by atoms with Crippen LogP contribution in [-0.4, -0.2) is 10.5 Å². The monoisotopic (exact) mass is 178 g/mol. The molecule has 0 aliphatic rings. The number of nitrogens with one attached hydrogen (secondary N) is 1. The Hall–Kier alpha value is -0.890. The van der Waals surface area contributed by atoms with Crippen LogP contribution in [-0.2, 0) is 6.54 Å². The van der Waals surface area contributed by atoms with E-state index >= 15 is 0 Å². The Bertz CT molecular complexity index is 256. The zero-order valence-electron chi connectivity index (χ0n) is 8.89. The van der Waals surface area contributed by atoms with Gasteiger partial charge in [0, 0.05) is 24.0 Å². The first-order valence-corrected chi connectivity index (χ1v) is 4.64. The first-order chi connectivity index (χ1) is 5.97. The summed E-state index contributed by atoms with van der Waals surface area (Å²) >= 11 is 0. The van der Waals surface area contributed by atoms with Crippen LogP contribution in [0.5, 0.6) is 0 Å². The number of hydrogen-bond acceptors (Lipinski definition) is 2. The van der Waals surface area contributed by atoms with Gasteiger partial charge in [-0.05, 0) is 39.3 Å². The Morgan fingerprint density at radius 3 is 2.46 bits per heavy atom. The SMILES string of the molecule is Cc1ccc(CNC(C)(C)C)cn1. The van der Waals surface area contributed by atoms with E-state index in [1.165, 1.54) is 5.56 Å². The molecule has 0 aromatic carbocycles. The topological polar surface area (TPSA) is 24.9 Å². The van der Waals surface area contributed by atoms with Crippen LogP contribution in [0.1, 0.15) is 32.0 Å². The number of aryl methyl sites for hydroxylation is 1. The van der Waals surface area contributed by atoms with Crippen LogP contribution in [0.25, 0.3) is 0 Å². The number of rotatable bonds is 2. The fourth-order valence-corrected chi connectivity index (χ4v) is 0.970. The van der Waals surface area contributed by atoms with Crippen molar-refractivity contribution >= 4 is 0 Å². The van der Waals surface area contributed by atoms with Gasteiger partial charge in [-0.15, -0.1) is 0 Å². The standard InChI is InChI=1S/C11H18N2/c1-9-5-6-10(7-12-9)8-13-11(2,3)4/h5-7,13H,8H2,1-4H3.